The Kier molecular flexibility index (Phi) is 6.80. The van der Waals surface area contributed by atoms with Crippen molar-refractivity contribution in [3.63, 3.8) is 0 Å². The first-order valence-corrected chi connectivity index (χ1v) is 9.29. The van der Waals surface area contributed by atoms with E-state index in [9.17, 15) is 4.79 Å². The summed E-state index contributed by atoms with van der Waals surface area (Å²) >= 11 is 5.90. The Morgan fingerprint density at radius 1 is 1.14 bits per heavy atom. The number of aryl methyl sites for hydroxylation is 1. The van der Waals surface area contributed by atoms with Crippen LogP contribution in [0.15, 0.2) is 52.4 Å². The molecule has 0 aliphatic heterocycles. The van der Waals surface area contributed by atoms with E-state index in [1.54, 1.807) is 13.1 Å². The fourth-order valence-corrected chi connectivity index (χ4v) is 2.47. The number of hydrazone groups is 1. The van der Waals surface area contributed by atoms with Gasteiger partial charge in [-0.3, -0.25) is 9.78 Å². The number of nitrogens with zero attached hydrogens (tertiary/aromatic N) is 3. The van der Waals surface area contributed by atoms with Gasteiger partial charge in [0.25, 0.3) is 5.56 Å². The molecule has 3 rings (SSSR count). The van der Waals surface area contributed by atoms with E-state index in [-0.39, 0.29) is 17.2 Å². The molecule has 150 valence electrons. The molecule has 0 amide bonds. The van der Waals surface area contributed by atoms with Gasteiger partial charge >= 0.3 is 0 Å². The first-order valence-electron chi connectivity index (χ1n) is 8.92. The average Bonchev–Trinajstić information content (AvgIpc) is 2.71. The van der Waals surface area contributed by atoms with Gasteiger partial charge in [0.15, 0.2) is 11.5 Å². The lowest BCUT2D eigenvalue weighted by molar-refractivity contribution is 0.269. The maximum atomic E-state index is 11.5. The molecule has 29 heavy (non-hydrogen) atoms. The van der Waals surface area contributed by atoms with Crippen LogP contribution < -0.4 is 20.5 Å². The minimum absolute atomic E-state index is 0.157. The van der Waals surface area contributed by atoms with Crippen molar-refractivity contribution in [2.75, 3.05) is 12.0 Å². The number of benzene rings is 2. The third-order valence-corrected chi connectivity index (χ3v) is 4.07. The van der Waals surface area contributed by atoms with Crippen molar-refractivity contribution in [1.29, 1.82) is 0 Å². The molecule has 2 aromatic carbocycles. The van der Waals surface area contributed by atoms with Crippen molar-refractivity contribution in [1.82, 2.24) is 15.2 Å². The van der Waals surface area contributed by atoms with E-state index in [0.717, 1.165) is 11.1 Å². The molecule has 0 spiro atoms. The molecule has 0 fully saturated rings. The maximum absolute atomic E-state index is 11.5. The van der Waals surface area contributed by atoms with Crippen LogP contribution in [0.5, 0.6) is 11.5 Å². The highest BCUT2D eigenvalue weighted by Crippen LogP contribution is 2.29. The van der Waals surface area contributed by atoms with Crippen molar-refractivity contribution in [2.24, 2.45) is 5.10 Å². The van der Waals surface area contributed by atoms with E-state index in [1.807, 2.05) is 49.4 Å². The number of H-pyrrole nitrogens is 1. The molecule has 0 saturated carbocycles. The molecule has 0 radical (unpaired) electrons. The quantitative estimate of drug-likeness (QED) is 0.432. The first-order chi connectivity index (χ1) is 14.0. The summed E-state index contributed by atoms with van der Waals surface area (Å²) in [7, 11) is 0. The Bertz CT molecular complexity index is 1050. The summed E-state index contributed by atoms with van der Waals surface area (Å²) in [6.45, 7) is 4.37. The van der Waals surface area contributed by atoms with Gasteiger partial charge in [-0.15, -0.1) is 10.2 Å². The molecule has 0 aliphatic carbocycles. The van der Waals surface area contributed by atoms with Crippen molar-refractivity contribution in [2.45, 2.75) is 20.5 Å². The fourth-order valence-electron chi connectivity index (χ4n) is 2.35. The van der Waals surface area contributed by atoms with Crippen molar-refractivity contribution in [3.8, 4) is 11.5 Å². The molecule has 8 nitrogen and oxygen atoms in total. The highest BCUT2D eigenvalue weighted by Gasteiger charge is 2.07. The Balaban J connectivity index is 1.68. The van der Waals surface area contributed by atoms with Gasteiger partial charge in [-0.1, -0.05) is 23.7 Å². The molecule has 0 bridgehead atoms. The third-order valence-electron chi connectivity index (χ3n) is 3.82. The van der Waals surface area contributed by atoms with Gasteiger partial charge in [-0.2, -0.15) is 5.10 Å². The van der Waals surface area contributed by atoms with E-state index in [1.165, 1.54) is 0 Å². The molecular weight excluding hydrogens is 394 g/mol. The van der Waals surface area contributed by atoms with Gasteiger partial charge in [0.05, 0.1) is 12.8 Å². The summed E-state index contributed by atoms with van der Waals surface area (Å²) in [6.07, 6.45) is 1.57. The van der Waals surface area contributed by atoms with Crippen LogP contribution in [0.4, 0.5) is 5.95 Å². The number of anilines is 1. The average molecular weight is 414 g/mol. The Morgan fingerprint density at radius 3 is 2.66 bits per heavy atom. The fraction of sp³-hybridized carbons (Fsp3) is 0.200. The van der Waals surface area contributed by atoms with Gasteiger partial charge in [-0.05, 0) is 55.3 Å². The SMILES string of the molecule is CCOc1cc(/C=N/Nc2nnc(C)c(=O)[nH]2)ccc1OCc1ccc(Cl)cc1. The minimum Gasteiger partial charge on any atom is -0.490 e. The van der Waals surface area contributed by atoms with Crippen LogP contribution in [-0.2, 0) is 6.61 Å². The lowest BCUT2D eigenvalue weighted by atomic mass is 10.2. The summed E-state index contributed by atoms with van der Waals surface area (Å²) in [5, 5.41) is 12.3. The molecule has 1 heterocycles. The van der Waals surface area contributed by atoms with Crippen LogP contribution in [0.3, 0.4) is 0 Å². The number of aromatic amines is 1. The minimum atomic E-state index is -0.321. The highest BCUT2D eigenvalue weighted by molar-refractivity contribution is 6.30. The zero-order chi connectivity index (χ0) is 20.6. The summed E-state index contributed by atoms with van der Waals surface area (Å²) in [5.41, 5.74) is 4.38. The number of hydrogen-bond acceptors (Lipinski definition) is 7. The van der Waals surface area contributed by atoms with Crippen molar-refractivity contribution >= 4 is 23.8 Å². The normalized spacial score (nSPS) is 10.9. The largest absolute Gasteiger partial charge is 0.490 e. The van der Waals surface area contributed by atoms with E-state index in [0.29, 0.717) is 29.7 Å². The molecule has 1 aromatic heterocycles. The predicted molar refractivity (Wildman–Crippen MR) is 112 cm³/mol. The molecule has 9 heteroatoms. The van der Waals surface area contributed by atoms with E-state index in [2.05, 4.69) is 25.7 Å². The van der Waals surface area contributed by atoms with Gasteiger partial charge in [0.1, 0.15) is 12.3 Å². The molecule has 0 unspecified atom stereocenters. The zero-order valence-corrected chi connectivity index (χ0v) is 16.7. The second kappa shape index (κ2) is 9.70. The van der Waals surface area contributed by atoms with E-state index in [4.69, 9.17) is 21.1 Å². The summed E-state index contributed by atoms with van der Waals surface area (Å²) in [4.78, 5) is 14.1. The van der Waals surface area contributed by atoms with Gasteiger partial charge in [0.2, 0.25) is 5.95 Å². The topological polar surface area (TPSA) is 101 Å². The predicted octanol–water partition coefficient (Wildman–Crippen LogP) is 3.55. The molecule has 3 aromatic rings. The maximum Gasteiger partial charge on any atom is 0.274 e. The highest BCUT2D eigenvalue weighted by atomic mass is 35.5. The number of hydrogen-bond donors (Lipinski definition) is 2. The van der Waals surface area contributed by atoms with Crippen LogP contribution in [0.25, 0.3) is 0 Å². The lowest BCUT2D eigenvalue weighted by Gasteiger charge is -2.12. The Morgan fingerprint density at radius 2 is 1.93 bits per heavy atom. The van der Waals surface area contributed by atoms with Gasteiger partial charge in [-0.25, -0.2) is 5.43 Å². The molecule has 0 saturated heterocycles. The number of ether oxygens (including phenoxy) is 2. The van der Waals surface area contributed by atoms with Crippen LogP contribution in [0.1, 0.15) is 23.7 Å². The Hall–Kier alpha value is -3.39. The van der Waals surface area contributed by atoms with Crippen LogP contribution in [-0.4, -0.2) is 28.0 Å². The summed E-state index contributed by atoms with van der Waals surface area (Å²) < 4.78 is 11.6. The summed E-state index contributed by atoms with van der Waals surface area (Å²) in [6, 6.07) is 12.9. The second-order valence-electron chi connectivity index (χ2n) is 6.01. The standard InChI is InChI=1S/C20H20ClN5O3/c1-3-28-18-10-15(11-22-25-20-23-19(27)13(2)24-26-20)6-9-17(18)29-12-14-4-7-16(21)8-5-14/h4-11H,3,12H2,1-2H3,(H2,23,25,26,27)/b22-11+. The van der Waals surface area contributed by atoms with E-state index < -0.39 is 0 Å². The first kappa shape index (κ1) is 20.3. The number of halogens is 1. The van der Waals surface area contributed by atoms with Crippen LogP contribution >= 0.6 is 11.6 Å². The lowest BCUT2D eigenvalue weighted by Crippen LogP contribution is -2.15. The number of nitrogens with one attached hydrogen (secondary N) is 2. The third kappa shape index (κ3) is 5.79. The molecular formula is C20H20ClN5O3. The smallest absolute Gasteiger partial charge is 0.274 e. The number of aromatic nitrogens is 3. The van der Waals surface area contributed by atoms with Crippen LogP contribution in [0, 0.1) is 6.92 Å². The van der Waals surface area contributed by atoms with Crippen molar-refractivity contribution < 1.29 is 9.47 Å². The number of rotatable bonds is 8. The van der Waals surface area contributed by atoms with Crippen molar-refractivity contribution in [3.05, 3.63) is 74.7 Å². The second-order valence-corrected chi connectivity index (χ2v) is 6.45. The molecule has 0 atom stereocenters. The molecule has 0 aliphatic rings. The van der Waals surface area contributed by atoms with E-state index >= 15 is 0 Å². The van der Waals surface area contributed by atoms with Gasteiger partial charge in [0, 0.05) is 5.02 Å². The monoisotopic (exact) mass is 413 g/mol. The summed E-state index contributed by atoms with van der Waals surface area (Å²) in [5.74, 6) is 1.39. The molecule has 2 N–H and O–H groups in total. The zero-order valence-electron chi connectivity index (χ0n) is 16.0. The Labute approximate surface area is 172 Å². The van der Waals surface area contributed by atoms with Gasteiger partial charge < -0.3 is 9.47 Å². The van der Waals surface area contributed by atoms with Crippen LogP contribution in [0.2, 0.25) is 5.02 Å².